The molecule has 2 aromatic rings. The minimum absolute atomic E-state index is 0.308. The molecule has 0 aromatic heterocycles. The lowest BCUT2D eigenvalue weighted by molar-refractivity contribution is -0.117. The second kappa shape index (κ2) is 7.49. The van der Waals surface area contributed by atoms with Crippen molar-refractivity contribution in [3.05, 3.63) is 63.6 Å². The smallest absolute Gasteiger partial charge is 0.251 e. The van der Waals surface area contributed by atoms with Crippen LogP contribution in [0.5, 0.6) is 0 Å². The second-order valence-corrected chi connectivity index (χ2v) is 6.02. The maximum Gasteiger partial charge on any atom is 0.251 e. The summed E-state index contributed by atoms with van der Waals surface area (Å²) >= 11 is 11.7. The first-order valence-electron chi connectivity index (χ1n) is 7.00. The van der Waals surface area contributed by atoms with Crippen LogP contribution in [0.3, 0.4) is 0 Å². The molecule has 1 unspecified atom stereocenters. The Balaban J connectivity index is 1.99. The Morgan fingerprint density at radius 2 is 1.61 bits per heavy atom. The largest absolute Gasteiger partial charge is 0.341 e. The molecule has 0 saturated carbocycles. The molecule has 6 heteroatoms. The first-order chi connectivity index (χ1) is 10.9. The molecule has 0 spiro atoms. The number of rotatable bonds is 4. The molecule has 0 fully saturated rings. The van der Waals surface area contributed by atoms with E-state index in [1.807, 2.05) is 6.92 Å². The van der Waals surface area contributed by atoms with Crippen LogP contribution in [0.15, 0.2) is 42.5 Å². The van der Waals surface area contributed by atoms with Crippen molar-refractivity contribution in [1.82, 2.24) is 5.32 Å². The number of halogens is 2. The third-order valence-electron chi connectivity index (χ3n) is 3.29. The number of benzene rings is 2. The van der Waals surface area contributed by atoms with Crippen LogP contribution in [0.1, 0.15) is 22.8 Å². The zero-order chi connectivity index (χ0) is 17.0. The van der Waals surface area contributed by atoms with E-state index in [-0.39, 0.29) is 11.8 Å². The summed E-state index contributed by atoms with van der Waals surface area (Å²) in [6.07, 6.45) is 0. The van der Waals surface area contributed by atoms with Gasteiger partial charge in [0.05, 0.1) is 0 Å². The Morgan fingerprint density at radius 1 is 1.00 bits per heavy atom. The fraction of sp³-hybridized carbons (Fsp3) is 0.176. The van der Waals surface area contributed by atoms with E-state index < -0.39 is 6.04 Å². The highest BCUT2D eigenvalue weighted by Crippen LogP contribution is 2.19. The van der Waals surface area contributed by atoms with Gasteiger partial charge in [-0.1, -0.05) is 23.2 Å². The molecule has 0 radical (unpaired) electrons. The minimum atomic E-state index is -0.687. The van der Waals surface area contributed by atoms with Crippen LogP contribution in [0.2, 0.25) is 10.0 Å². The average molecular weight is 351 g/mol. The van der Waals surface area contributed by atoms with Crippen LogP contribution in [0.25, 0.3) is 0 Å². The van der Waals surface area contributed by atoms with Gasteiger partial charge in [0.1, 0.15) is 6.04 Å². The van der Waals surface area contributed by atoms with E-state index in [0.717, 1.165) is 5.56 Å². The van der Waals surface area contributed by atoms with E-state index in [4.69, 9.17) is 23.2 Å². The van der Waals surface area contributed by atoms with Gasteiger partial charge in [0.25, 0.3) is 5.91 Å². The van der Waals surface area contributed by atoms with E-state index in [1.54, 1.807) is 49.4 Å². The molecule has 2 amide bonds. The van der Waals surface area contributed by atoms with Crippen molar-refractivity contribution >= 4 is 40.7 Å². The molecule has 0 aliphatic carbocycles. The van der Waals surface area contributed by atoms with Crippen LogP contribution < -0.4 is 10.6 Å². The highest BCUT2D eigenvalue weighted by molar-refractivity contribution is 6.31. The molecule has 0 aliphatic rings. The first-order valence-corrected chi connectivity index (χ1v) is 7.76. The number of anilines is 1. The predicted molar refractivity (Wildman–Crippen MR) is 93.2 cm³/mol. The van der Waals surface area contributed by atoms with Crippen molar-refractivity contribution in [3.8, 4) is 0 Å². The van der Waals surface area contributed by atoms with E-state index in [9.17, 15) is 9.59 Å². The Morgan fingerprint density at radius 3 is 2.22 bits per heavy atom. The Labute approximate surface area is 144 Å². The fourth-order valence-corrected chi connectivity index (χ4v) is 2.31. The van der Waals surface area contributed by atoms with Gasteiger partial charge in [0.2, 0.25) is 5.91 Å². The maximum atomic E-state index is 12.2. The van der Waals surface area contributed by atoms with Crippen molar-refractivity contribution in [1.29, 1.82) is 0 Å². The minimum Gasteiger partial charge on any atom is -0.341 e. The van der Waals surface area contributed by atoms with Crippen LogP contribution >= 0.6 is 23.2 Å². The molecule has 0 heterocycles. The number of hydrogen-bond donors (Lipinski definition) is 2. The molecular formula is C17H16Cl2N2O2. The van der Waals surface area contributed by atoms with Gasteiger partial charge in [-0.25, -0.2) is 0 Å². The quantitative estimate of drug-likeness (QED) is 0.873. The highest BCUT2D eigenvalue weighted by atomic mass is 35.5. The Kier molecular flexibility index (Phi) is 5.64. The summed E-state index contributed by atoms with van der Waals surface area (Å²) in [7, 11) is 0. The van der Waals surface area contributed by atoms with Gasteiger partial charge in [-0.15, -0.1) is 0 Å². The summed E-state index contributed by atoms with van der Waals surface area (Å²) < 4.78 is 0. The topological polar surface area (TPSA) is 58.2 Å². The van der Waals surface area contributed by atoms with E-state index in [1.165, 1.54) is 0 Å². The summed E-state index contributed by atoms with van der Waals surface area (Å²) in [6, 6.07) is 10.9. The monoisotopic (exact) mass is 350 g/mol. The first kappa shape index (κ1) is 17.3. The van der Waals surface area contributed by atoms with Crippen molar-refractivity contribution in [2.75, 3.05) is 5.32 Å². The van der Waals surface area contributed by atoms with Gasteiger partial charge in [-0.2, -0.15) is 0 Å². The molecule has 2 aromatic carbocycles. The van der Waals surface area contributed by atoms with Gasteiger partial charge in [-0.3, -0.25) is 9.59 Å². The number of carbonyl (C=O) groups excluding carboxylic acids is 2. The molecule has 0 saturated heterocycles. The Hall–Kier alpha value is -2.04. The second-order valence-electron chi connectivity index (χ2n) is 5.15. The molecular weight excluding hydrogens is 335 g/mol. The van der Waals surface area contributed by atoms with Gasteiger partial charge in [0.15, 0.2) is 0 Å². The highest BCUT2D eigenvalue weighted by Gasteiger charge is 2.17. The predicted octanol–water partition coefficient (Wildman–Crippen LogP) is 4.06. The molecule has 23 heavy (non-hydrogen) atoms. The number of carbonyl (C=O) groups is 2. The van der Waals surface area contributed by atoms with Gasteiger partial charge in [-0.05, 0) is 61.9 Å². The fourth-order valence-electron chi connectivity index (χ4n) is 1.96. The molecule has 2 rings (SSSR count). The maximum absolute atomic E-state index is 12.2. The van der Waals surface area contributed by atoms with Crippen LogP contribution in [-0.2, 0) is 4.79 Å². The van der Waals surface area contributed by atoms with E-state index >= 15 is 0 Å². The van der Waals surface area contributed by atoms with Crippen molar-refractivity contribution in [3.63, 3.8) is 0 Å². The van der Waals surface area contributed by atoms with Crippen LogP contribution in [0.4, 0.5) is 5.69 Å². The summed E-state index contributed by atoms with van der Waals surface area (Å²) in [5, 5.41) is 6.56. The summed E-state index contributed by atoms with van der Waals surface area (Å²) in [6.45, 7) is 3.47. The van der Waals surface area contributed by atoms with Gasteiger partial charge < -0.3 is 10.6 Å². The number of aryl methyl sites for hydroxylation is 1. The summed E-state index contributed by atoms with van der Waals surface area (Å²) in [5.74, 6) is -0.644. The lowest BCUT2D eigenvalue weighted by Crippen LogP contribution is -2.41. The molecule has 120 valence electrons. The average Bonchev–Trinajstić information content (AvgIpc) is 2.50. The lowest BCUT2D eigenvalue weighted by atomic mass is 10.1. The standard InChI is InChI=1S/C17H16Cl2N2O2/c1-10-9-14(19)7-8-15(10)21-16(22)11(2)20-17(23)12-3-5-13(18)6-4-12/h3-9,11H,1-2H3,(H,20,23)(H,21,22). The summed E-state index contributed by atoms with van der Waals surface area (Å²) in [5.41, 5.74) is 1.95. The molecule has 1 atom stereocenters. The molecule has 0 bridgehead atoms. The van der Waals surface area contributed by atoms with Crippen molar-refractivity contribution < 1.29 is 9.59 Å². The third kappa shape index (κ3) is 4.71. The lowest BCUT2D eigenvalue weighted by Gasteiger charge is -2.15. The van der Waals surface area contributed by atoms with Crippen LogP contribution in [0, 0.1) is 6.92 Å². The molecule has 0 aliphatic heterocycles. The van der Waals surface area contributed by atoms with Crippen molar-refractivity contribution in [2.45, 2.75) is 19.9 Å². The van der Waals surface area contributed by atoms with Crippen molar-refractivity contribution in [2.24, 2.45) is 0 Å². The third-order valence-corrected chi connectivity index (χ3v) is 3.78. The Bertz CT molecular complexity index is 730. The number of nitrogens with one attached hydrogen (secondary N) is 2. The molecule has 2 N–H and O–H groups in total. The summed E-state index contributed by atoms with van der Waals surface area (Å²) in [4.78, 5) is 24.3. The van der Waals surface area contributed by atoms with Crippen LogP contribution in [-0.4, -0.2) is 17.9 Å². The zero-order valence-electron chi connectivity index (χ0n) is 12.7. The molecule has 4 nitrogen and oxygen atoms in total. The van der Waals surface area contributed by atoms with E-state index in [2.05, 4.69) is 10.6 Å². The SMILES string of the molecule is Cc1cc(Cl)ccc1NC(=O)C(C)NC(=O)c1ccc(Cl)cc1. The van der Waals surface area contributed by atoms with E-state index in [0.29, 0.717) is 21.3 Å². The number of amides is 2. The van der Waals surface area contributed by atoms with Gasteiger partial charge in [0, 0.05) is 21.3 Å². The van der Waals surface area contributed by atoms with Gasteiger partial charge >= 0.3 is 0 Å². The zero-order valence-corrected chi connectivity index (χ0v) is 14.2. The number of hydrogen-bond acceptors (Lipinski definition) is 2. The normalized spacial score (nSPS) is 11.7.